The van der Waals surface area contributed by atoms with Crippen LogP contribution in [-0.2, 0) is 0 Å². The molecule has 0 aliphatic carbocycles. The van der Waals surface area contributed by atoms with Crippen LogP contribution in [-0.4, -0.2) is 22.4 Å². The number of aromatic nitrogens is 2. The largest absolute Gasteiger partial charge is 0.385 e. The molecule has 2 N–H and O–H groups in total. The van der Waals surface area contributed by atoms with Crippen molar-refractivity contribution in [1.82, 2.24) is 9.97 Å². The Morgan fingerprint density at radius 3 is 2.85 bits per heavy atom. The smallest absolute Gasteiger partial charge is 0.275 e. The number of nitrogens with zero attached hydrogens (tertiary/aromatic N) is 2. The van der Waals surface area contributed by atoms with E-state index in [9.17, 15) is 4.79 Å². The van der Waals surface area contributed by atoms with E-state index >= 15 is 0 Å². The summed E-state index contributed by atoms with van der Waals surface area (Å²) < 4.78 is 0.875. The van der Waals surface area contributed by atoms with Crippen LogP contribution in [0.4, 0.5) is 11.5 Å². The van der Waals surface area contributed by atoms with Gasteiger partial charge in [0, 0.05) is 29.1 Å². The van der Waals surface area contributed by atoms with Gasteiger partial charge in [-0.25, -0.2) is 4.98 Å². The van der Waals surface area contributed by atoms with Crippen molar-refractivity contribution < 1.29 is 4.79 Å². The van der Waals surface area contributed by atoms with Gasteiger partial charge in [-0.1, -0.05) is 0 Å². The van der Waals surface area contributed by atoms with Gasteiger partial charge in [-0.2, -0.15) is 0 Å². The maximum Gasteiger partial charge on any atom is 0.275 e. The molecule has 0 saturated carbocycles. The second kappa shape index (κ2) is 6.47. The average molecular weight is 335 g/mol. The molecule has 104 valence electrons. The molecule has 5 nitrogen and oxygen atoms in total. The molecule has 0 fully saturated rings. The van der Waals surface area contributed by atoms with Crippen LogP contribution in [0.15, 0.2) is 35.1 Å². The highest BCUT2D eigenvalue weighted by Gasteiger charge is 2.10. The van der Waals surface area contributed by atoms with E-state index in [0.29, 0.717) is 11.5 Å². The number of aryl methyl sites for hydroxylation is 1. The SMILES string of the molecule is CCNc1ccnc(C(=O)Nc2ncc(Br)cc2C)c1. The first-order valence-corrected chi connectivity index (χ1v) is 7.03. The third-order valence-electron chi connectivity index (χ3n) is 2.65. The second-order valence-electron chi connectivity index (χ2n) is 4.23. The number of halogens is 1. The molecule has 2 aromatic heterocycles. The van der Waals surface area contributed by atoms with E-state index in [1.54, 1.807) is 18.5 Å². The van der Waals surface area contributed by atoms with Gasteiger partial charge in [-0.05, 0) is 53.5 Å². The lowest BCUT2D eigenvalue weighted by atomic mass is 10.2. The Morgan fingerprint density at radius 1 is 1.35 bits per heavy atom. The van der Waals surface area contributed by atoms with E-state index in [1.807, 2.05) is 26.0 Å². The second-order valence-corrected chi connectivity index (χ2v) is 5.15. The van der Waals surface area contributed by atoms with Crippen molar-refractivity contribution in [3.63, 3.8) is 0 Å². The average Bonchev–Trinajstić information content (AvgIpc) is 2.42. The number of pyridine rings is 2. The van der Waals surface area contributed by atoms with Crippen LogP contribution < -0.4 is 10.6 Å². The summed E-state index contributed by atoms with van der Waals surface area (Å²) in [5.74, 6) is 0.261. The molecule has 0 aliphatic heterocycles. The van der Waals surface area contributed by atoms with E-state index < -0.39 is 0 Å². The summed E-state index contributed by atoms with van der Waals surface area (Å²) in [6, 6.07) is 5.43. The normalized spacial score (nSPS) is 10.2. The van der Waals surface area contributed by atoms with Gasteiger partial charge >= 0.3 is 0 Å². The molecular formula is C14H15BrN4O. The van der Waals surface area contributed by atoms with E-state index in [0.717, 1.165) is 22.3 Å². The topological polar surface area (TPSA) is 66.9 Å². The third-order valence-corrected chi connectivity index (χ3v) is 3.08. The monoisotopic (exact) mass is 334 g/mol. The zero-order valence-electron chi connectivity index (χ0n) is 11.3. The van der Waals surface area contributed by atoms with Crippen molar-refractivity contribution in [1.29, 1.82) is 0 Å². The highest BCUT2D eigenvalue weighted by atomic mass is 79.9. The minimum atomic E-state index is -0.275. The molecule has 20 heavy (non-hydrogen) atoms. The summed E-state index contributed by atoms with van der Waals surface area (Å²) >= 11 is 3.34. The van der Waals surface area contributed by atoms with Crippen molar-refractivity contribution in [2.45, 2.75) is 13.8 Å². The first-order valence-electron chi connectivity index (χ1n) is 6.23. The molecule has 2 heterocycles. The van der Waals surface area contributed by atoms with Crippen LogP contribution in [0.25, 0.3) is 0 Å². The Morgan fingerprint density at radius 2 is 2.15 bits per heavy atom. The minimum absolute atomic E-state index is 0.275. The highest BCUT2D eigenvalue weighted by molar-refractivity contribution is 9.10. The summed E-state index contributed by atoms with van der Waals surface area (Å²) in [5.41, 5.74) is 2.11. The van der Waals surface area contributed by atoms with E-state index in [2.05, 4.69) is 36.5 Å². The van der Waals surface area contributed by atoms with Gasteiger partial charge in [0.1, 0.15) is 11.5 Å². The number of hydrogen-bond acceptors (Lipinski definition) is 4. The maximum atomic E-state index is 12.2. The third kappa shape index (κ3) is 3.54. The fraction of sp³-hybridized carbons (Fsp3) is 0.214. The lowest BCUT2D eigenvalue weighted by Crippen LogP contribution is -2.15. The number of hydrogen-bond donors (Lipinski definition) is 2. The Kier molecular flexibility index (Phi) is 4.68. The number of carbonyl (C=O) groups excluding carboxylic acids is 1. The van der Waals surface area contributed by atoms with Crippen molar-refractivity contribution in [3.05, 3.63) is 46.3 Å². The Hall–Kier alpha value is -1.95. The van der Waals surface area contributed by atoms with Gasteiger partial charge in [-0.15, -0.1) is 0 Å². The van der Waals surface area contributed by atoms with Crippen LogP contribution in [0, 0.1) is 6.92 Å². The quantitative estimate of drug-likeness (QED) is 0.900. The molecule has 0 atom stereocenters. The Bertz CT molecular complexity index is 630. The minimum Gasteiger partial charge on any atom is -0.385 e. The molecule has 0 unspecified atom stereocenters. The molecule has 0 aliphatic rings. The summed E-state index contributed by atoms with van der Waals surface area (Å²) in [4.78, 5) is 20.4. The van der Waals surface area contributed by atoms with Gasteiger partial charge in [0.25, 0.3) is 5.91 Å². The Labute approximate surface area is 126 Å². The molecule has 0 spiro atoms. The molecule has 6 heteroatoms. The predicted octanol–water partition coefficient (Wildman–Crippen LogP) is 3.23. The highest BCUT2D eigenvalue weighted by Crippen LogP contribution is 2.17. The first kappa shape index (κ1) is 14.5. The molecular weight excluding hydrogens is 320 g/mol. The number of amides is 1. The lowest BCUT2D eigenvalue weighted by Gasteiger charge is -2.08. The molecule has 0 bridgehead atoms. The number of anilines is 2. The summed E-state index contributed by atoms with van der Waals surface area (Å²) in [6.45, 7) is 4.67. The number of carbonyl (C=O) groups is 1. The number of rotatable bonds is 4. The van der Waals surface area contributed by atoms with Crippen LogP contribution in [0.2, 0.25) is 0 Å². The van der Waals surface area contributed by atoms with Crippen molar-refractivity contribution in [2.24, 2.45) is 0 Å². The van der Waals surface area contributed by atoms with Gasteiger partial charge in [-0.3, -0.25) is 9.78 Å². The zero-order valence-corrected chi connectivity index (χ0v) is 12.9. The van der Waals surface area contributed by atoms with E-state index in [1.165, 1.54) is 0 Å². The predicted molar refractivity (Wildman–Crippen MR) is 83.0 cm³/mol. The van der Waals surface area contributed by atoms with Gasteiger partial charge in [0.15, 0.2) is 0 Å². The fourth-order valence-corrected chi connectivity index (χ4v) is 2.16. The van der Waals surface area contributed by atoms with Gasteiger partial charge in [0.05, 0.1) is 0 Å². The molecule has 2 rings (SSSR count). The van der Waals surface area contributed by atoms with Gasteiger partial charge < -0.3 is 10.6 Å². The summed E-state index contributed by atoms with van der Waals surface area (Å²) in [6.07, 6.45) is 3.25. The lowest BCUT2D eigenvalue weighted by molar-refractivity contribution is 0.102. The van der Waals surface area contributed by atoms with E-state index in [4.69, 9.17) is 0 Å². The van der Waals surface area contributed by atoms with Crippen LogP contribution >= 0.6 is 15.9 Å². The summed E-state index contributed by atoms with van der Waals surface area (Å²) in [5, 5.41) is 5.91. The van der Waals surface area contributed by atoms with Crippen LogP contribution in [0.5, 0.6) is 0 Å². The Balaban J connectivity index is 2.17. The molecule has 0 radical (unpaired) electrons. The van der Waals surface area contributed by atoms with E-state index in [-0.39, 0.29) is 5.91 Å². The maximum absolute atomic E-state index is 12.2. The number of nitrogens with one attached hydrogen (secondary N) is 2. The molecule has 2 aromatic rings. The molecule has 1 amide bonds. The molecule has 0 saturated heterocycles. The van der Waals surface area contributed by atoms with Gasteiger partial charge in [0.2, 0.25) is 0 Å². The first-order chi connectivity index (χ1) is 9.60. The zero-order chi connectivity index (χ0) is 14.5. The standard InChI is InChI=1S/C14H15BrN4O/c1-3-16-11-4-5-17-12(7-11)14(20)19-13-9(2)6-10(15)8-18-13/h4-8H,3H2,1-2H3,(H,16,17)(H,18,19,20). The van der Waals surface area contributed by atoms with Crippen molar-refractivity contribution >= 4 is 33.3 Å². The summed E-state index contributed by atoms with van der Waals surface area (Å²) in [7, 11) is 0. The van der Waals surface area contributed by atoms with Crippen molar-refractivity contribution in [3.8, 4) is 0 Å². The van der Waals surface area contributed by atoms with Crippen molar-refractivity contribution in [2.75, 3.05) is 17.2 Å². The fourth-order valence-electron chi connectivity index (χ4n) is 1.71. The molecule has 0 aromatic carbocycles. The van der Waals surface area contributed by atoms with Crippen LogP contribution in [0.1, 0.15) is 23.0 Å². The van der Waals surface area contributed by atoms with Crippen LogP contribution in [0.3, 0.4) is 0 Å².